The van der Waals surface area contributed by atoms with E-state index >= 15 is 0 Å². The number of alkyl halides is 3. The molecule has 1 nitrogen and oxygen atoms in total. The van der Waals surface area contributed by atoms with Crippen molar-refractivity contribution in [3.05, 3.63) is 47.3 Å². The molecule has 0 aliphatic carbocycles. The Bertz CT molecular complexity index is 429. The van der Waals surface area contributed by atoms with Gasteiger partial charge in [0, 0.05) is 6.04 Å². The van der Waals surface area contributed by atoms with Crippen LogP contribution >= 0.6 is 12.4 Å². The zero-order chi connectivity index (χ0) is 13.2. The van der Waals surface area contributed by atoms with Crippen LogP contribution in [0.15, 0.2) is 30.4 Å². The zero-order valence-electron chi connectivity index (χ0n) is 9.72. The van der Waals surface area contributed by atoms with Crippen molar-refractivity contribution in [1.82, 2.24) is 0 Å². The van der Waals surface area contributed by atoms with Crippen molar-refractivity contribution in [2.24, 2.45) is 5.73 Å². The molecule has 0 aliphatic heterocycles. The largest absolute Gasteiger partial charge is 0.419 e. The fraction of sp³-hybridized carbons (Fsp3) is 0.333. The number of hydrogen-bond acceptors (Lipinski definition) is 1. The SMILES string of the molecule is C=C(C)C[C@@H](N)c1ccc(C(F)(F)F)c(F)c1.Cl. The van der Waals surface area contributed by atoms with Crippen molar-refractivity contribution in [3.63, 3.8) is 0 Å². The van der Waals surface area contributed by atoms with Crippen LogP contribution < -0.4 is 5.73 Å². The van der Waals surface area contributed by atoms with Gasteiger partial charge in [-0.2, -0.15) is 13.2 Å². The lowest BCUT2D eigenvalue weighted by Crippen LogP contribution is -2.13. The molecule has 6 heteroatoms. The van der Waals surface area contributed by atoms with E-state index in [9.17, 15) is 17.6 Å². The van der Waals surface area contributed by atoms with Crippen LogP contribution in [0.3, 0.4) is 0 Å². The van der Waals surface area contributed by atoms with Gasteiger partial charge in [-0.15, -0.1) is 19.0 Å². The van der Waals surface area contributed by atoms with Gasteiger partial charge >= 0.3 is 6.18 Å². The first-order valence-electron chi connectivity index (χ1n) is 4.98. The highest BCUT2D eigenvalue weighted by Gasteiger charge is 2.34. The van der Waals surface area contributed by atoms with E-state index in [0.717, 1.165) is 11.6 Å². The van der Waals surface area contributed by atoms with Gasteiger partial charge in [-0.1, -0.05) is 11.6 Å². The second kappa shape index (κ2) is 6.20. The van der Waals surface area contributed by atoms with Crippen LogP contribution in [-0.2, 0) is 6.18 Å². The van der Waals surface area contributed by atoms with Crippen molar-refractivity contribution in [2.45, 2.75) is 25.6 Å². The molecule has 2 N–H and O–H groups in total. The first-order chi connectivity index (χ1) is 7.71. The number of hydrogen-bond donors (Lipinski definition) is 1. The van der Waals surface area contributed by atoms with E-state index in [2.05, 4.69) is 6.58 Å². The first kappa shape index (κ1) is 16.9. The molecule has 18 heavy (non-hydrogen) atoms. The number of rotatable bonds is 3. The van der Waals surface area contributed by atoms with E-state index in [1.165, 1.54) is 6.07 Å². The molecule has 0 heterocycles. The van der Waals surface area contributed by atoms with Crippen LogP contribution in [0.5, 0.6) is 0 Å². The standard InChI is InChI=1S/C12H13F4N.ClH/c1-7(2)5-11(17)8-3-4-9(10(13)6-8)12(14,15)16;/h3-4,6,11H,1,5,17H2,2H3;1H/t11-;/m1./s1. The van der Waals surface area contributed by atoms with E-state index in [1.54, 1.807) is 6.92 Å². The summed E-state index contributed by atoms with van der Waals surface area (Å²) in [4.78, 5) is 0. The Morgan fingerprint density at radius 3 is 2.33 bits per heavy atom. The average Bonchev–Trinajstić information content (AvgIpc) is 2.14. The molecule has 102 valence electrons. The predicted octanol–water partition coefficient (Wildman–Crippen LogP) is 4.23. The lowest BCUT2D eigenvalue weighted by molar-refractivity contribution is -0.140. The van der Waals surface area contributed by atoms with Crippen molar-refractivity contribution in [1.29, 1.82) is 0 Å². The van der Waals surface area contributed by atoms with Gasteiger partial charge in [-0.3, -0.25) is 0 Å². The summed E-state index contributed by atoms with van der Waals surface area (Å²) >= 11 is 0. The normalized spacial score (nSPS) is 12.8. The number of halogens is 5. The minimum atomic E-state index is -4.68. The Balaban J connectivity index is 0.00000289. The maximum atomic E-state index is 13.2. The second-order valence-corrected chi connectivity index (χ2v) is 4.00. The molecule has 1 rings (SSSR count). The van der Waals surface area contributed by atoms with Gasteiger partial charge < -0.3 is 5.73 Å². The monoisotopic (exact) mass is 283 g/mol. The molecule has 1 aromatic rings. The number of benzene rings is 1. The van der Waals surface area contributed by atoms with Gasteiger partial charge in [0.25, 0.3) is 0 Å². The molecular formula is C12H14ClF4N. The van der Waals surface area contributed by atoms with Crippen molar-refractivity contribution in [3.8, 4) is 0 Å². The fourth-order valence-corrected chi connectivity index (χ4v) is 1.49. The van der Waals surface area contributed by atoms with Crippen molar-refractivity contribution in [2.75, 3.05) is 0 Å². The molecule has 1 aromatic carbocycles. The summed E-state index contributed by atoms with van der Waals surface area (Å²) in [6.07, 6.45) is -4.27. The lowest BCUT2D eigenvalue weighted by atomic mass is 9.99. The Labute approximate surface area is 109 Å². The zero-order valence-corrected chi connectivity index (χ0v) is 10.5. The summed E-state index contributed by atoms with van der Waals surface area (Å²) in [6, 6.07) is 2.20. The molecule has 0 aromatic heterocycles. The second-order valence-electron chi connectivity index (χ2n) is 4.00. The molecule has 0 fully saturated rings. The molecule has 0 unspecified atom stereocenters. The molecule has 0 radical (unpaired) electrons. The van der Waals surface area contributed by atoms with Crippen LogP contribution in [0, 0.1) is 5.82 Å². The highest BCUT2D eigenvalue weighted by Crippen LogP contribution is 2.32. The van der Waals surface area contributed by atoms with Gasteiger partial charge in [0.2, 0.25) is 0 Å². The van der Waals surface area contributed by atoms with Crippen molar-refractivity contribution < 1.29 is 17.6 Å². The van der Waals surface area contributed by atoms with E-state index in [1.807, 2.05) is 0 Å². The van der Waals surface area contributed by atoms with E-state index < -0.39 is 23.6 Å². The van der Waals surface area contributed by atoms with Crippen LogP contribution in [0.1, 0.15) is 30.5 Å². The predicted molar refractivity (Wildman–Crippen MR) is 65.0 cm³/mol. The van der Waals surface area contributed by atoms with E-state index in [-0.39, 0.29) is 12.4 Å². The van der Waals surface area contributed by atoms with Gasteiger partial charge in [0.15, 0.2) is 0 Å². The topological polar surface area (TPSA) is 26.0 Å². The maximum Gasteiger partial charge on any atom is 0.419 e. The Kier molecular flexibility index (Phi) is 5.83. The van der Waals surface area contributed by atoms with Gasteiger partial charge in [0.1, 0.15) is 5.82 Å². The quantitative estimate of drug-likeness (QED) is 0.652. The first-order valence-corrected chi connectivity index (χ1v) is 4.98. The third kappa shape index (κ3) is 4.31. The molecule has 0 amide bonds. The summed E-state index contributed by atoms with van der Waals surface area (Å²) in [7, 11) is 0. The summed E-state index contributed by atoms with van der Waals surface area (Å²) in [6.45, 7) is 5.40. The summed E-state index contributed by atoms with van der Waals surface area (Å²) in [5.74, 6) is -1.30. The minimum absolute atomic E-state index is 0. The van der Waals surface area contributed by atoms with Crippen LogP contribution in [0.25, 0.3) is 0 Å². The molecule has 0 bridgehead atoms. The van der Waals surface area contributed by atoms with Crippen LogP contribution in [0.4, 0.5) is 17.6 Å². The summed E-state index contributed by atoms with van der Waals surface area (Å²) in [5.41, 5.74) is 5.56. The molecule has 0 aliphatic rings. The van der Waals surface area contributed by atoms with E-state index in [0.29, 0.717) is 18.1 Å². The summed E-state index contributed by atoms with van der Waals surface area (Å²) < 4.78 is 50.2. The lowest BCUT2D eigenvalue weighted by Gasteiger charge is -2.14. The Morgan fingerprint density at radius 2 is 1.94 bits per heavy atom. The van der Waals surface area contributed by atoms with Gasteiger partial charge in [0.05, 0.1) is 5.56 Å². The molecule has 0 saturated heterocycles. The smallest absolute Gasteiger partial charge is 0.324 e. The van der Waals surface area contributed by atoms with Crippen LogP contribution in [0.2, 0.25) is 0 Å². The number of nitrogens with two attached hydrogens (primary N) is 1. The van der Waals surface area contributed by atoms with Gasteiger partial charge in [-0.05, 0) is 31.0 Å². The fourth-order valence-electron chi connectivity index (χ4n) is 1.49. The minimum Gasteiger partial charge on any atom is -0.324 e. The Morgan fingerprint density at radius 1 is 1.39 bits per heavy atom. The molecular weight excluding hydrogens is 270 g/mol. The average molecular weight is 284 g/mol. The van der Waals surface area contributed by atoms with E-state index in [4.69, 9.17) is 5.73 Å². The Hall–Kier alpha value is -1.07. The summed E-state index contributed by atoms with van der Waals surface area (Å²) in [5, 5.41) is 0. The third-order valence-corrected chi connectivity index (χ3v) is 2.30. The van der Waals surface area contributed by atoms with Crippen molar-refractivity contribution >= 4 is 12.4 Å². The highest BCUT2D eigenvalue weighted by molar-refractivity contribution is 5.85. The van der Waals surface area contributed by atoms with Crippen LogP contribution in [-0.4, -0.2) is 0 Å². The molecule has 0 spiro atoms. The maximum absolute atomic E-state index is 13.2. The van der Waals surface area contributed by atoms with Gasteiger partial charge in [-0.25, -0.2) is 4.39 Å². The molecule has 1 atom stereocenters. The molecule has 0 saturated carbocycles. The highest BCUT2D eigenvalue weighted by atomic mass is 35.5. The third-order valence-electron chi connectivity index (χ3n) is 2.30.